The third-order valence-corrected chi connectivity index (χ3v) is 7.01. The number of hydrogen-bond donors (Lipinski definition) is 0. The monoisotopic (exact) mass is 559 g/mol. The number of aryl methyl sites for hydroxylation is 2. The van der Waals surface area contributed by atoms with E-state index in [1.54, 1.807) is 35.8 Å². The van der Waals surface area contributed by atoms with Gasteiger partial charge >= 0.3 is 5.97 Å². The summed E-state index contributed by atoms with van der Waals surface area (Å²) < 4.78 is 5.30. The average Bonchev–Trinajstić information content (AvgIpc) is 2.96. The van der Waals surface area contributed by atoms with Crippen molar-refractivity contribution in [1.82, 2.24) is 19.8 Å². The Morgan fingerprint density at radius 3 is 2.41 bits per heavy atom. The predicted octanol–water partition coefficient (Wildman–Crippen LogP) is 4.48. The number of benzene rings is 2. The number of nitrogens with zero attached hydrogens (tertiary/aromatic N) is 5. The van der Waals surface area contributed by atoms with Crippen molar-refractivity contribution in [3.63, 3.8) is 0 Å². The molecule has 1 saturated heterocycles. The lowest BCUT2D eigenvalue weighted by molar-refractivity contribution is -0.385. The normalized spacial score (nSPS) is 15.0. The number of nitro groups is 1. The third-order valence-electron chi connectivity index (χ3n) is 7.01. The first-order chi connectivity index (χ1) is 19.7. The van der Waals surface area contributed by atoms with Crippen molar-refractivity contribution >= 4 is 23.5 Å². The highest BCUT2D eigenvalue weighted by Gasteiger charge is 2.35. The molecule has 2 amide bonds. The molecule has 0 saturated carbocycles. The maximum Gasteiger partial charge on any atom is 0.342 e. The van der Waals surface area contributed by atoms with Crippen molar-refractivity contribution in [2.75, 3.05) is 26.2 Å². The summed E-state index contributed by atoms with van der Waals surface area (Å²) >= 11 is 0. The Labute approximate surface area is 238 Å². The van der Waals surface area contributed by atoms with Crippen LogP contribution in [0, 0.1) is 17.0 Å². The number of carbonyl (C=O) groups excluding carboxylic acids is 3. The number of carbonyl (C=O) groups is 3. The third kappa shape index (κ3) is 6.24. The van der Waals surface area contributed by atoms with Gasteiger partial charge in [0.15, 0.2) is 5.82 Å². The van der Waals surface area contributed by atoms with E-state index in [9.17, 15) is 24.5 Å². The summed E-state index contributed by atoms with van der Waals surface area (Å²) in [6.45, 7) is 7.80. The Morgan fingerprint density at radius 2 is 1.78 bits per heavy atom. The first kappa shape index (κ1) is 29.3. The van der Waals surface area contributed by atoms with Gasteiger partial charge in [-0.15, -0.1) is 0 Å². The van der Waals surface area contributed by atoms with Gasteiger partial charge in [-0.1, -0.05) is 49.7 Å². The van der Waals surface area contributed by atoms with Crippen LogP contribution in [0.1, 0.15) is 69.7 Å². The smallest absolute Gasteiger partial charge is 0.342 e. The van der Waals surface area contributed by atoms with Crippen LogP contribution in [0.3, 0.4) is 0 Å². The lowest BCUT2D eigenvalue weighted by atomic mass is 10.0. The number of aromatic nitrogens is 2. The first-order valence-corrected chi connectivity index (χ1v) is 13.6. The molecule has 0 N–H and O–H groups in total. The number of hydrogen-bond acceptors (Lipinski definition) is 8. The summed E-state index contributed by atoms with van der Waals surface area (Å²) in [6.07, 6.45) is 1.15. The van der Waals surface area contributed by atoms with Crippen molar-refractivity contribution in [2.45, 2.75) is 46.6 Å². The zero-order valence-electron chi connectivity index (χ0n) is 23.6. The number of esters is 1. The summed E-state index contributed by atoms with van der Waals surface area (Å²) in [4.78, 5) is 63.6. The van der Waals surface area contributed by atoms with Gasteiger partial charge in [-0.25, -0.2) is 14.8 Å². The topological polar surface area (TPSA) is 136 Å². The summed E-state index contributed by atoms with van der Waals surface area (Å²) in [5, 5.41) is 11.4. The van der Waals surface area contributed by atoms with Crippen molar-refractivity contribution < 1.29 is 24.0 Å². The minimum Gasteiger partial charge on any atom is -0.462 e. The second-order valence-electron chi connectivity index (χ2n) is 9.91. The molecule has 214 valence electrons. The number of nitro benzene ring substituents is 1. The maximum atomic E-state index is 14.0. The molecule has 1 atom stereocenters. The molecule has 1 aliphatic rings. The van der Waals surface area contributed by atoms with Crippen LogP contribution in [0.2, 0.25) is 0 Å². The molecule has 3 aromatic rings. The van der Waals surface area contributed by atoms with Crippen molar-refractivity contribution in [2.24, 2.45) is 0 Å². The minimum atomic E-state index is -0.651. The van der Waals surface area contributed by atoms with E-state index in [1.165, 1.54) is 6.07 Å². The fraction of sp³-hybridized carbons (Fsp3) is 0.367. The van der Waals surface area contributed by atoms with E-state index in [2.05, 4.69) is 9.97 Å². The number of ether oxygens (including phenoxy) is 1. The zero-order chi connectivity index (χ0) is 29.7. The lowest BCUT2D eigenvalue weighted by Gasteiger charge is -2.40. The first-order valence-electron chi connectivity index (χ1n) is 13.6. The van der Waals surface area contributed by atoms with Crippen LogP contribution in [0.4, 0.5) is 5.69 Å². The Balaban J connectivity index is 1.65. The molecule has 11 heteroatoms. The van der Waals surface area contributed by atoms with E-state index >= 15 is 0 Å². The van der Waals surface area contributed by atoms with Crippen LogP contribution in [-0.2, 0) is 11.2 Å². The number of piperazine rings is 1. The molecule has 0 spiro atoms. The molecular formula is C30H33N5O6. The molecule has 2 heterocycles. The Kier molecular flexibility index (Phi) is 9.06. The molecule has 0 aliphatic carbocycles. The van der Waals surface area contributed by atoms with E-state index in [4.69, 9.17) is 4.74 Å². The van der Waals surface area contributed by atoms with Crippen LogP contribution >= 0.6 is 0 Å². The minimum absolute atomic E-state index is 0.0260. The van der Waals surface area contributed by atoms with E-state index in [0.29, 0.717) is 35.5 Å². The SMILES string of the molecule is CCCc1nc(-c2ccccc2)nc(C(=O)N2CCN(C(=O)c3ccc(C)c([N+](=O)[O-])c3)C(C)C2)c1C(=O)OCC. The fourth-order valence-corrected chi connectivity index (χ4v) is 4.91. The molecule has 1 unspecified atom stereocenters. The van der Waals surface area contributed by atoms with E-state index in [-0.39, 0.29) is 54.7 Å². The Hall–Kier alpha value is -4.67. The maximum absolute atomic E-state index is 14.0. The van der Waals surface area contributed by atoms with Gasteiger partial charge in [-0.2, -0.15) is 0 Å². The van der Waals surface area contributed by atoms with Crippen molar-refractivity contribution in [1.29, 1.82) is 0 Å². The van der Waals surface area contributed by atoms with Crippen molar-refractivity contribution in [3.8, 4) is 11.4 Å². The largest absolute Gasteiger partial charge is 0.462 e. The zero-order valence-corrected chi connectivity index (χ0v) is 23.6. The predicted molar refractivity (Wildman–Crippen MR) is 152 cm³/mol. The highest BCUT2D eigenvalue weighted by Crippen LogP contribution is 2.25. The van der Waals surface area contributed by atoms with Gasteiger partial charge in [0.25, 0.3) is 17.5 Å². The van der Waals surface area contributed by atoms with Crippen LogP contribution < -0.4 is 0 Å². The molecule has 1 aliphatic heterocycles. The Morgan fingerprint density at radius 1 is 1.05 bits per heavy atom. The van der Waals surface area contributed by atoms with E-state index in [0.717, 1.165) is 0 Å². The molecular weight excluding hydrogens is 526 g/mol. The quantitative estimate of drug-likeness (QED) is 0.224. The molecule has 41 heavy (non-hydrogen) atoms. The number of rotatable bonds is 8. The van der Waals surface area contributed by atoms with Gasteiger partial charge in [0, 0.05) is 48.4 Å². The summed E-state index contributed by atoms with van der Waals surface area (Å²) in [7, 11) is 0. The van der Waals surface area contributed by atoms with E-state index < -0.39 is 22.8 Å². The second-order valence-corrected chi connectivity index (χ2v) is 9.91. The van der Waals surface area contributed by atoms with Crippen molar-refractivity contribution in [3.05, 3.63) is 86.7 Å². The molecule has 2 aromatic carbocycles. The summed E-state index contributed by atoms with van der Waals surface area (Å²) in [6, 6.07) is 13.3. The second kappa shape index (κ2) is 12.7. The fourth-order valence-electron chi connectivity index (χ4n) is 4.91. The standard InChI is InChI=1S/C30H33N5O6/c1-5-10-23-25(30(38)41-6-2)26(32-27(31-23)21-11-8-7-9-12-21)29(37)33-15-16-34(20(4)18-33)28(36)22-14-13-19(3)24(17-22)35(39)40/h7-9,11-14,17,20H,5-6,10,15-16,18H2,1-4H3. The van der Waals surface area contributed by atoms with Gasteiger partial charge in [0.05, 0.1) is 17.2 Å². The number of amides is 2. The molecule has 4 rings (SSSR count). The van der Waals surface area contributed by atoms with Crippen LogP contribution in [0.25, 0.3) is 11.4 Å². The van der Waals surface area contributed by atoms with Gasteiger partial charge in [0.1, 0.15) is 11.3 Å². The lowest BCUT2D eigenvalue weighted by Crippen LogP contribution is -2.55. The van der Waals surface area contributed by atoms with Gasteiger partial charge in [-0.05, 0) is 33.3 Å². The highest BCUT2D eigenvalue weighted by atomic mass is 16.6. The highest BCUT2D eigenvalue weighted by molar-refractivity contribution is 6.05. The molecule has 1 aromatic heterocycles. The van der Waals surface area contributed by atoms with Crippen LogP contribution in [-0.4, -0.2) is 74.8 Å². The summed E-state index contributed by atoms with van der Waals surface area (Å²) in [5.74, 6) is -1.11. The van der Waals surface area contributed by atoms with Crippen LogP contribution in [0.5, 0.6) is 0 Å². The molecule has 0 bridgehead atoms. The van der Waals surface area contributed by atoms with E-state index in [1.807, 2.05) is 44.2 Å². The van der Waals surface area contributed by atoms with Gasteiger partial charge < -0.3 is 14.5 Å². The van der Waals surface area contributed by atoms with Crippen LogP contribution in [0.15, 0.2) is 48.5 Å². The molecule has 1 fully saturated rings. The average molecular weight is 560 g/mol. The molecule has 0 radical (unpaired) electrons. The van der Waals surface area contributed by atoms with Gasteiger partial charge in [-0.3, -0.25) is 19.7 Å². The summed E-state index contributed by atoms with van der Waals surface area (Å²) in [5.41, 5.74) is 1.76. The van der Waals surface area contributed by atoms with Gasteiger partial charge in [0.2, 0.25) is 0 Å². The molecule has 11 nitrogen and oxygen atoms in total. The Bertz CT molecular complexity index is 1480.